The second kappa shape index (κ2) is 8.49. The van der Waals surface area contributed by atoms with Gasteiger partial charge in [-0.15, -0.1) is 0 Å². The molecule has 2 aromatic carbocycles. The first-order valence-corrected chi connectivity index (χ1v) is 9.41. The number of hydrogen-bond acceptors (Lipinski definition) is 4. The summed E-state index contributed by atoms with van der Waals surface area (Å²) in [6.07, 6.45) is 0. The Balaban J connectivity index is 1.60. The number of para-hydroxylation sites is 1. The smallest absolute Gasteiger partial charge is 0.287 e. The molecule has 3 aromatic rings. The molecule has 0 aliphatic carbocycles. The van der Waals surface area contributed by atoms with Crippen LogP contribution in [0.3, 0.4) is 0 Å². The van der Waals surface area contributed by atoms with Crippen LogP contribution in [0.15, 0.2) is 76.0 Å². The summed E-state index contributed by atoms with van der Waals surface area (Å²) in [6.45, 7) is 0.328. The molecule has 0 unspecified atom stereocenters. The first kappa shape index (κ1) is 17.9. The Bertz CT molecular complexity index is 905. The summed E-state index contributed by atoms with van der Waals surface area (Å²) in [5, 5.41) is 2.80. The van der Waals surface area contributed by atoms with Gasteiger partial charge in [-0.3, -0.25) is 9.00 Å². The third-order valence-corrected chi connectivity index (χ3v) is 5.14. The molecule has 0 saturated heterocycles. The molecule has 1 atom stereocenters. The Hall–Kier alpha value is -2.86. The summed E-state index contributed by atoms with van der Waals surface area (Å²) in [6, 6.07) is 19.9. The maximum Gasteiger partial charge on any atom is 0.287 e. The Labute approximate surface area is 154 Å². The van der Waals surface area contributed by atoms with Gasteiger partial charge in [0.05, 0.1) is 23.7 Å². The summed E-state index contributed by atoms with van der Waals surface area (Å²) < 4.78 is 23.1. The van der Waals surface area contributed by atoms with Crippen molar-refractivity contribution in [1.29, 1.82) is 0 Å². The van der Waals surface area contributed by atoms with Crippen LogP contribution < -0.4 is 10.1 Å². The molecule has 134 valence electrons. The van der Waals surface area contributed by atoms with E-state index in [1.54, 1.807) is 31.4 Å². The number of carbonyl (C=O) groups excluding carboxylic acids is 1. The van der Waals surface area contributed by atoms with Crippen molar-refractivity contribution < 1.29 is 18.2 Å². The standard InChI is InChI=1S/C20H19NO4S/c1-24-18-10-6-5-7-15(18)13-21-20(22)19-12-11-16(25-19)14-26(23)17-8-3-2-4-9-17/h2-12H,13-14H2,1H3,(H,21,22)/t26-/m0/s1. The highest BCUT2D eigenvalue weighted by atomic mass is 32.2. The normalized spacial score (nSPS) is 11.7. The molecule has 0 aliphatic rings. The molecule has 0 aliphatic heterocycles. The minimum atomic E-state index is -1.21. The van der Waals surface area contributed by atoms with E-state index in [-0.39, 0.29) is 17.4 Å². The summed E-state index contributed by atoms with van der Waals surface area (Å²) >= 11 is 0. The monoisotopic (exact) mass is 369 g/mol. The molecule has 1 N–H and O–H groups in total. The molecule has 6 heteroatoms. The Morgan fingerprint density at radius 1 is 1.04 bits per heavy atom. The van der Waals surface area contributed by atoms with E-state index < -0.39 is 10.8 Å². The lowest BCUT2D eigenvalue weighted by molar-refractivity contribution is 0.0921. The molecular formula is C20H19NO4S. The number of carbonyl (C=O) groups is 1. The third-order valence-electron chi connectivity index (χ3n) is 3.80. The molecule has 0 bridgehead atoms. The lowest BCUT2D eigenvalue weighted by Crippen LogP contribution is -2.22. The van der Waals surface area contributed by atoms with Crippen molar-refractivity contribution in [2.24, 2.45) is 0 Å². The van der Waals surface area contributed by atoms with Gasteiger partial charge >= 0.3 is 0 Å². The minimum Gasteiger partial charge on any atom is -0.496 e. The molecule has 0 radical (unpaired) electrons. The van der Waals surface area contributed by atoms with Gasteiger partial charge in [-0.05, 0) is 30.3 Å². The van der Waals surface area contributed by atoms with Crippen LogP contribution in [0.25, 0.3) is 0 Å². The van der Waals surface area contributed by atoms with E-state index in [0.29, 0.717) is 18.1 Å². The van der Waals surface area contributed by atoms with Crippen LogP contribution in [-0.4, -0.2) is 17.2 Å². The Morgan fingerprint density at radius 2 is 1.77 bits per heavy atom. The quantitative estimate of drug-likeness (QED) is 0.692. The van der Waals surface area contributed by atoms with Crippen LogP contribution in [0.1, 0.15) is 21.9 Å². The predicted octanol–water partition coefficient (Wildman–Crippen LogP) is 3.53. The van der Waals surface area contributed by atoms with Crippen molar-refractivity contribution in [3.8, 4) is 5.75 Å². The zero-order valence-electron chi connectivity index (χ0n) is 14.3. The van der Waals surface area contributed by atoms with Gasteiger partial charge < -0.3 is 14.5 Å². The predicted molar refractivity (Wildman–Crippen MR) is 99.4 cm³/mol. The van der Waals surface area contributed by atoms with Gasteiger partial charge in [-0.25, -0.2) is 0 Å². The van der Waals surface area contributed by atoms with Crippen LogP contribution in [0.5, 0.6) is 5.75 Å². The zero-order chi connectivity index (χ0) is 18.4. The van der Waals surface area contributed by atoms with E-state index in [2.05, 4.69) is 5.32 Å². The van der Waals surface area contributed by atoms with Crippen LogP contribution in [0.2, 0.25) is 0 Å². The highest BCUT2D eigenvalue weighted by Gasteiger charge is 2.14. The van der Waals surface area contributed by atoms with Gasteiger partial charge in [0.2, 0.25) is 0 Å². The second-order valence-corrected chi connectivity index (χ2v) is 7.01. The van der Waals surface area contributed by atoms with Gasteiger partial charge in [0.1, 0.15) is 11.5 Å². The lowest BCUT2D eigenvalue weighted by atomic mass is 10.2. The Morgan fingerprint density at radius 3 is 2.54 bits per heavy atom. The highest BCUT2D eigenvalue weighted by Crippen LogP contribution is 2.18. The fourth-order valence-electron chi connectivity index (χ4n) is 2.47. The number of rotatable bonds is 7. The fourth-order valence-corrected chi connectivity index (χ4v) is 3.51. The fraction of sp³-hybridized carbons (Fsp3) is 0.150. The van der Waals surface area contributed by atoms with Crippen molar-refractivity contribution >= 4 is 16.7 Å². The van der Waals surface area contributed by atoms with E-state index in [4.69, 9.17) is 9.15 Å². The zero-order valence-corrected chi connectivity index (χ0v) is 15.1. The van der Waals surface area contributed by atoms with E-state index >= 15 is 0 Å². The average Bonchev–Trinajstić information content (AvgIpc) is 3.15. The van der Waals surface area contributed by atoms with Gasteiger partial charge in [-0.1, -0.05) is 36.4 Å². The third kappa shape index (κ3) is 4.40. The van der Waals surface area contributed by atoms with Crippen molar-refractivity contribution in [2.45, 2.75) is 17.2 Å². The summed E-state index contributed by atoms with van der Waals surface area (Å²) in [5.74, 6) is 1.32. The minimum absolute atomic E-state index is 0.194. The second-order valence-electron chi connectivity index (χ2n) is 5.56. The maximum atomic E-state index is 12.3. The number of furan rings is 1. The molecule has 0 spiro atoms. The number of ether oxygens (including phenoxy) is 1. The molecule has 1 aromatic heterocycles. The molecule has 5 nitrogen and oxygen atoms in total. The van der Waals surface area contributed by atoms with Gasteiger partial charge in [0, 0.05) is 17.0 Å². The van der Waals surface area contributed by atoms with Crippen LogP contribution >= 0.6 is 0 Å². The maximum absolute atomic E-state index is 12.3. The molecule has 1 amide bonds. The van der Waals surface area contributed by atoms with Crippen LogP contribution in [0, 0.1) is 0 Å². The molecule has 0 saturated carbocycles. The number of nitrogens with one attached hydrogen (secondary N) is 1. The molecule has 26 heavy (non-hydrogen) atoms. The topological polar surface area (TPSA) is 68.5 Å². The van der Waals surface area contributed by atoms with Crippen molar-refractivity contribution in [3.05, 3.63) is 83.8 Å². The average molecular weight is 369 g/mol. The SMILES string of the molecule is COc1ccccc1CNC(=O)c1ccc(C[S@](=O)c2ccccc2)o1. The van der Waals surface area contributed by atoms with E-state index in [0.717, 1.165) is 10.5 Å². The first-order chi connectivity index (χ1) is 12.7. The van der Waals surface area contributed by atoms with Crippen LogP contribution in [0.4, 0.5) is 0 Å². The van der Waals surface area contributed by atoms with E-state index in [1.807, 2.05) is 42.5 Å². The lowest BCUT2D eigenvalue weighted by Gasteiger charge is -2.08. The number of benzene rings is 2. The van der Waals surface area contributed by atoms with Gasteiger partial charge in [-0.2, -0.15) is 0 Å². The van der Waals surface area contributed by atoms with Gasteiger partial charge in [0.25, 0.3) is 5.91 Å². The summed E-state index contributed by atoms with van der Waals surface area (Å²) in [7, 11) is 0.376. The van der Waals surface area contributed by atoms with Crippen LogP contribution in [-0.2, 0) is 23.1 Å². The number of hydrogen-bond donors (Lipinski definition) is 1. The number of methoxy groups -OCH3 is 1. The Kier molecular flexibility index (Phi) is 5.86. The van der Waals surface area contributed by atoms with Crippen molar-refractivity contribution in [1.82, 2.24) is 5.32 Å². The van der Waals surface area contributed by atoms with E-state index in [1.165, 1.54) is 0 Å². The molecule has 1 heterocycles. The van der Waals surface area contributed by atoms with Crippen molar-refractivity contribution in [3.63, 3.8) is 0 Å². The van der Waals surface area contributed by atoms with E-state index in [9.17, 15) is 9.00 Å². The summed E-state index contributed by atoms with van der Waals surface area (Å²) in [5.41, 5.74) is 0.875. The molecule has 0 fully saturated rings. The van der Waals surface area contributed by atoms with Gasteiger partial charge in [0.15, 0.2) is 5.76 Å². The highest BCUT2D eigenvalue weighted by molar-refractivity contribution is 7.84. The number of amides is 1. The first-order valence-electron chi connectivity index (χ1n) is 8.09. The molecule has 3 rings (SSSR count). The largest absolute Gasteiger partial charge is 0.496 e. The summed E-state index contributed by atoms with van der Waals surface area (Å²) in [4.78, 5) is 13.0. The van der Waals surface area contributed by atoms with Crippen molar-refractivity contribution in [2.75, 3.05) is 7.11 Å². The molecular weight excluding hydrogens is 350 g/mol.